The number of amides is 1. The number of carbonyl (C=O) groups is 1. The highest BCUT2D eigenvalue weighted by molar-refractivity contribution is 5.96. The summed E-state index contributed by atoms with van der Waals surface area (Å²) < 4.78 is 17.0. The van der Waals surface area contributed by atoms with Crippen molar-refractivity contribution in [3.63, 3.8) is 0 Å². The molecule has 0 saturated heterocycles. The number of carbonyl (C=O) groups excluding carboxylic acids is 1. The molecule has 0 aliphatic carbocycles. The summed E-state index contributed by atoms with van der Waals surface area (Å²) in [6.07, 6.45) is 0.981. The first-order valence-corrected chi connectivity index (χ1v) is 8.97. The summed E-state index contributed by atoms with van der Waals surface area (Å²) in [7, 11) is 0. The standard InChI is InChI=1S/C21H25NO4/c1-14(2)26-17-7-5-16(6-8-17)13-22-21(23)18-12-20-19(11-15(18)3)24-9-4-10-25-20/h5-8,11-12,14H,4,9-10,13H2,1-3H3,(H,22,23). The molecule has 3 rings (SSSR count). The summed E-state index contributed by atoms with van der Waals surface area (Å²) in [5.74, 6) is 2.04. The molecular formula is C21H25NO4. The van der Waals surface area contributed by atoms with E-state index in [4.69, 9.17) is 14.2 Å². The Morgan fingerprint density at radius 3 is 2.42 bits per heavy atom. The minimum Gasteiger partial charge on any atom is -0.491 e. The maximum Gasteiger partial charge on any atom is 0.251 e. The van der Waals surface area contributed by atoms with Crippen LogP contribution in [0.1, 0.15) is 41.8 Å². The second kappa shape index (κ2) is 8.13. The number of hydrogen-bond acceptors (Lipinski definition) is 4. The molecule has 0 saturated carbocycles. The van der Waals surface area contributed by atoms with Gasteiger partial charge in [0.05, 0.1) is 19.3 Å². The van der Waals surface area contributed by atoms with E-state index in [1.54, 1.807) is 6.07 Å². The van der Waals surface area contributed by atoms with E-state index in [0.29, 0.717) is 36.8 Å². The first kappa shape index (κ1) is 18.1. The zero-order valence-corrected chi connectivity index (χ0v) is 15.5. The van der Waals surface area contributed by atoms with Crippen LogP contribution in [0.2, 0.25) is 0 Å². The van der Waals surface area contributed by atoms with Gasteiger partial charge in [0.15, 0.2) is 11.5 Å². The van der Waals surface area contributed by atoms with Crippen molar-refractivity contribution in [2.24, 2.45) is 0 Å². The third-order valence-electron chi connectivity index (χ3n) is 4.09. The van der Waals surface area contributed by atoms with Crippen LogP contribution in [0, 0.1) is 6.92 Å². The lowest BCUT2D eigenvalue weighted by Crippen LogP contribution is -2.23. The Kier molecular flexibility index (Phi) is 5.66. The molecule has 2 aromatic carbocycles. The Hall–Kier alpha value is -2.69. The third-order valence-corrected chi connectivity index (χ3v) is 4.09. The molecule has 0 atom stereocenters. The van der Waals surface area contributed by atoms with Gasteiger partial charge in [-0.1, -0.05) is 12.1 Å². The maximum atomic E-state index is 12.6. The van der Waals surface area contributed by atoms with Crippen LogP contribution < -0.4 is 19.5 Å². The average molecular weight is 355 g/mol. The van der Waals surface area contributed by atoms with Crippen LogP contribution in [0.5, 0.6) is 17.2 Å². The quantitative estimate of drug-likeness (QED) is 0.884. The van der Waals surface area contributed by atoms with Crippen LogP contribution in [0.25, 0.3) is 0 Å². The first-order chi connectivity index (χ1) is 12.5. The largest absolute Gasteiger partial charge is 0.491 e. The Labute approximate surface area is 154 Å². The number of aryl methyl sites for hydroxylation is 1. The van der Waals surface area contributed by atoms with Crippen LogP contribution in [0.15, 0.2) is 36.4 Å². The fourth-order valence-electron chi connectivity index (χ4n) is 2.79. The zero-order valence-electron chi connectivity index (χ0n) is 15.5. The Bertz CT molecular complexity index is 768. The van der Waals surface area contributed by atoms with Gasteiger partial charge in [-0.25, -0.2) is 0 Å². The molecule has 1 aliphatic heterocycles. The van der Waals surface area contributed by atoms with E-state index in [0.717, 1.165) is 23.3 Å². The number of fused-ring (bicyclic) bond motifs is 1. The van der Waals surface area contributed by atoms with E-state index in [1.807, 2.05) is 51.1 Å². The molecular weight excluding hydrogens is 330 g/mol. The predicted molar refractivity (Wildman–Crippen MR) is 100 cm³/mol. The van der Waals surface area contributed by atoms with Crippen LogP contribution in [0.4, 0.5) is 0 Å². The van der Waals surface area contributed by atoms with Crippen molar-refractivity contribution in [2.75, 3.05) is 13.2 Å². The molecule has 0 radical (unpaired) electrons. The summed E-state index contributed by atoms with van der Waals surface area (Å²) in [4.78, 5) is 12.6. The molecule has 0 aromatic heterocycles. The minimum absolute atomic E-state index is 0.124. The smallest absolute Gasteiger partial charge is 0.251 e. The summed E-state index contributed by atoms with van der Waals surface area (Å²) in [6.45, 7) is 7.57. The van der Waals surface area contributed by atoms with Crippen molar-refractivity contribution >= 4 is 5.91 Å². The molecule has 1 N–H and O–H groups in total. The van der Waals surface area contributed by atoms with Gasteiger partial charge in [-0.2, -0.15) is 0 Å². The normalized spacial score (nSPS) is 13.2. The van der Waals surface area contributed by atoms with Gasteiger partial charge in [-0.15, -0.1) is 0 Å². The van der Waals surface area contributed by atoms with Gasteiger partial charge in [0.2, 0.25) is 0 Å². The van der Waals surface area contributed by atoms with Crippen molar-refractivity contribution < 1.29 is 19.0 Å². The molecule has 0 bridgehead atoms. The molecule has 5 nitrogen and oxygen atoms in total. The van der Waals surface area contributed by atoms with Crippen LogP contribution in [-0.2, 0) is 6.54 Å². The van der Waals surface area contributed by atoms with E-state index in [1.165, 1.54) is 0 Å². The zero-order chi connectivity index (χ0) is 18.5. The Morgan fingerprint density at radius 1 is 1.12 bits per heavy atom. The molecule has 1 amide bonds. The van der Waals surface area contributed by atoms with Gasteiger partial charge in [0, 0.05) is 18.5 Å². The third kappa shape index (κ3) is 4.48. The monoisotopic (exact) mass is 355 g/mol. The molecule has 1 aliphatic rings. The van der Waals surface area contributed by atoms with Crippen LogP contribution in [0.3, 0.4) is 0 Å². The second-order valence-electron chi connectivity index (χ2n) is 6.66. The lowest BCUT2D eigenvalue weighted by Gasteiger charge is -2.13. The number of ether oxygens (including phenoxy) is 3. The van der Waals surface area contributed by atoms with Crippen LogP contribution >= 0.6 is 0 Å². The van der Waals surface area contributed by atoms with Gasteiger partial charge in [-0.05, 0) is 56.2 Å². The fourth-order valence-corrected chi connectivity index (χ4v) is 2.79. The number of hydrogen-bond donors (Lipinski definition) is 1. The second-order valence-corrected chi connectivity index (χ2v) is 6.66. The van der Waals surface area contributed by atoms with Gasteiger partial charge in [0.25, 0.3) is 5.91 Å². The molecule has 26 heavy (non-hydrogen) atoms. The Morgan fingerprint density at radius 2 is 1.77 bits per heavy atom. The first-order valence-electron chi connectivity index (χ1n) is 8.97. The van der Waals surface area contributed by atoms with Crippen molar-refractivity contribution in [2.45, 2.75) is 39.8 Å². The van der Waals surface area contributed by atoms with E-state index >= 15 is 0 Å². The molecule has 0 spiro atoms. The molecule has 0 fully saturated rings. The highest BCUT2D eigenvalue weighted by atomic mass is 16.5. The summed E-state index contributed by atoms with van der Waals surface area (Å²) >= 11 is 0. The van der Waals surface area contributed by atoms with Crippen molar-refractivity contribution in [3.8, 4) is 17.2 Å². The average Bonchev–Trinajstić information content (AvgIpc) is 2.84. The van der Waals surface area contributed by atoms with Crippen LogP contribution in [-0.4, -0.2) is 25.2 Å². The van der Waals surface area contributed by atoms with Crippen molar-refractivity contribution in [1.82, 2.24) is 5.32 Å². The SMILES string of the molecule is Cc1cc2c(cc1C(=O)NCc1ccc(OC(C)C)cc1)OCCCO2. The van der Waals surface area contributed by atoms with E-state index < -0.39 is 0 Å². The fraction of sp³-hybridized carbons (Fsp3) is 0.381. The lowest BCUT2D eigenvalue weighted by molar-refractivity contribution is 0.0950. The van der Waals surface area contributed by atoms with Crippen molar-refractivity contribution in [3.05, 3.63) is 53.1 Å². The molecule has 138 valence electrons. The lowest BCUT2D eigenvalue weighted by atomic mass is 10.1. The molecule has 5 heteroatoms. The van der Waals surface area contributed by atoms with E-state index in [9.17, 15) is 4.79 Å². The van der Waals surface area contributed by atoms with Crippen molar-refractivity contribution in [1.29, 1.82) is 0 Å². The molecule has 0 unspecified atom stereocenters. The highest BCUT2D eigenvalue weighted by Crippen LogP contribution is 2.32. The predicted octanol–water partition coefficient (Wildman–Crippen LogP) is 3.87. The topological polar surface area (TPSA) is 56.8 Å². The highest BCUT2D eigenvalue weighted by Gasteiger charge is 2.17. The minimum atomic E-state index is -0.124. The summed E-state index contributed by atoms with van der Waals surface area (Å²) in [5.41, 5.74) is 2.49. The van der Waals surface area contributed by atoms with E-state index in [-0.39, 0.29) is 12.0 Å². The number of nitrogens with one attached hydrogen (secondary N) is 1. The van der Waals surface area contributed by atoms with Gasteiger partial charge >= 0.3 is 0 Å². The van der Waals surface area contributed by atoms with Gasteiger partial charge in [0.1, 0.15) is 5.75 Å². The number of benzene rings is 2. The molecule has 1 heterocycles. The van der Waals surface area contributed by atoms with Gasteiger partial charge in [-0.3, -0.25) is 4.79 Å². The molecule has 2 aromatic rings. The van der Waals surface area contributed by atoms with E-state index in [2.05, 4.69) is 5.32 Å². The Balaban J connectivity index is 1.65. The summed E-state index contributed by atoms with van der Waals surface area (Å²) in [6, 6.07) is 11.4. The maximum absolute atomic E-state index is 12.6. The number of rotatable bonds is 5. The summed E-state index contributed by atoms with van der Waals surface area (Å²) in [5, 5.41) is 2.96. The van der Waals surface area contributed by atoms with Gasteiger partial charge < -0.3 is 19.5 Å².